The number of benzene rings is 2. The van der Waals surface area contributed by atoms with Crippen molar-refractivity contribution in [2.24, 2.45) is 5.10 Å². The van der Waals surface area contributed by atoms with Gasteiger partial charge in [0.2, 0.25) is 0 Å². The molecule has 0 bridgehead atoms. The van der Waals surface area contributed by atoms with Crippen molar-refractivity contribution in [3.05, 3.63) is 65.5 Å². The van der Waals surface area contributed by atoms with Crippen LogP contribution in [0.3, 0.4) is 0 Å². The van der Waals surface area contributed by atoms with Crippen LogP contribution in [0.1, 0.15) is 18.1 Å². The quantitative estimate of drug-likeness (QED) is 0.367. The maximum Gasteiger partial charge on any atom is 0.418 e. The van der Waals surface area contributed by atoms with Gasteiger partial charge >= 0.3 is 6.18 Å². The number of anilines is 1. The summed E-state index contributed by atoms with van der Waals surface area (Å²) < 4.78 is 51.6. The minimum Gasteiger partial charge on any atom is -0.331 e. The molecule has 0 aromatic heterocycles. The van der Waals surface area contributed by atoms with Gasteiger partial charge in [0.05, 0.1) is 17.0 Å². The minimum atomic E-state index is -4.49. The summed E-state index contributed by atoms with van der Waals surface area (Å²) in [4.78, 5) is 0. The molecule has 0 unspecified atom stereocenters. The van der Waals surface area contributed by atoms with Gasteiger partial charge in [-0.3, -0.25) is 5.43 Å². The first-order valence-electron chi connectivity index (χ1n) is 6.81. The average Bonchev–Trinajstić information content (AvgIpc) is 2.53. The number of hydrogen-bond acceptors (Lipinski definition) is 2. The molecule has 0 aliphatic carbocycles. The number of nitrogens with zero attached hydrogens (tertiary/aromatic N) is 1. The fourth-order valence-electron chi connectivity index (χ4n) is 1.88. The monoisotopic (exact) mass is 355 g/mol. The number of hydrogen-bond donors (Lipinski definition) is 2. The summed E-state index contributed by atoms with van der Waals surface area (Å²) >= 11 is 4.95. The molecule has 126 valence electrons. The molecule has 2 rings (SSSR count). The predicted octanol–water partition coefficient (Wildman–Crippen LogP) is 4.56. The molecule has 0 saturated carbocycles. The maximum atomic E-state index is 12.9. The van der Waals surface area contributed by atoms with Crippen molar-refractivity contribution in [1.82, 2.24) is 5.43 Å². The molecule has 0 amide bonds. The molecule has 2 aromatic rings. The summed E-state index contributed by atoms with van der Waals surface area (Å²) in [7, 11) is 0. The highest BCUT2D eigenvalue weighted by atomic mass is 32.1. The summed E-state index contributed by atoms with van der Waals surface area (Å²) in [5.41, 5.74) is 2.63. The number of para-hydroxylation sites is 1. The Morgan fingerprint density at radius 1 is 1.04 bits per heavy atom. The van der Waals surface area contributed by atoms with E-state index in [2.05, 4.69) is 15.8 Å². The van der Waals surface area contributed by atoms with Crippen molar-refractivity contribution in [2.75, 3.05) is 5.32 Å². The molecular weight excluding hydrogens is 342 g/mol. The molecule has 3 nitrogen and oxygen atoms in total. The van der Waals surface area contributed by atoms with E-state index in [0.29, 0.717) is 11.3 Å². The van der Waals surface area contributed by atoms with Gasteiger partial charge in [-0.25, -0.2) is 4.39 Å². The third-order valence-electron chi connectivity index (χ3n) is 3.07. The minimum absolute atomic E-state index is 0.0897. The number of thiocarbonyl (C=S) groups is 1. The molecule has 2 N–H and O–H groups in total. The van der Waals surface area contributed by atoms with Gasteiger partial charge in [-0.2, -0.15) is 18.3 Å². The highest BCUT2D eigenvalue weighted by Crippen LogP contribution is 2.34. The fourth-order valence-corrected chi connectivity index (χ4v) is 2.04. The van der Waals surface area contributed by atoms with E-state index in [-0.39, 0.29) is 16.6 Å². The summed E-state index contributed by atoms with van der Waals surface area (Å²) in [6.07, 6.45) is -4.49. The Hall–Kier alpha value is -2.48. The Kier molecular flexibility index (Phi) is 5.50. The van der Waals surface area contributed by atoms with Gasteiger partial charge in [-0.1, -0.05) is 24.3 Å². The second kappa shape index (κ2) is 7.39. The zero-order valence-corrected chi connectivity index (χ0v) is 13.3. The summed E-state index contributed by atoms with van der Waals surface area (Å²) in [6, 6.07) is 10.6. The lowest BCUT2D eigenvalue weighted by Crippen LogP contribution is -2.26. The average molecular weight is 355 g/mol. The standard InChI is InChI=1S/C16H13F4N3S/c1-10(11-6-8-12(17)9-7-11)22-23-15(24)21-14-5-3-2-4-13(14)16(18,19)20/h2-9H,1H3,(H2,21,23,24)/b22-10+. The first-order chi connectivity index (χ1) is 11.3. The molecule has 0 aliphatic rings. The highest BCUT2D eigenvalue weighted by molar-refractivity contribution is 7.80. The van der Waals surface area contributed by atoms with E-state index < -0.39 is 11.7 Å². The second-order valence-electron chi connectivity index (χ2n) is 4.81. The van der Waals surface area contributed by atoms with Gasteiger partial charge < -0.3 is 5.32 Å². The van der Waals surface area contributed by atoms with E-state index in [1.54, 1.807) is 6.92 Å². The topological polar surface area (TPSA) is 36.4 Å². The van der Waals surface area contributed by atoms with Crippen LogP contribution in [0.5, 0.6) is 0 Å². The second-order valence-corrected chi connectivity index (χ2v) is 5.22. The number of rotatable bonds is 3. The number of halogens is 4. The largest absolute Gasteiger partial charge is 0.418 e. The fraction of sp³-hybridized carbons (Fsp3) is 0.125. The lowest BCUT2D eigenvalue weighted by molar-refractivity contribution is -0.136. The van der Waals surface area contributed by atoms with Crippen LogP contribution in [0.25, 0.3) is 0 Å². The van der Waals surface area contributed by atoms with Crippen LogP contribution in [0.2, 0.25) is 0 Å². The van der Waals surface area contributed by atoms with E-state index in [1.807, 2.05) is 0 Å². The first-order valence-corrected chi connectivity index (χ1v) is 7.21. The molecule has 0 saturated heterocycles. The summed E-state index contributed by atoms with van der Waals surface area (Å²) in [6.45, 7) is 1.66. The SMILES string of the molecule is C/C(=N\NC(=S)Nc1ccccc1C(F)(F)F)c1ccc(F)cc1. The van der Waals surface area contributed by atoms with E-state index >= 15 is 0 Å². The predicted molar refractivity (Wildman–Crippen MR) is 89.4 cm³/mol. The maximum absolute atomic E-state index is 12.9. The third-order valence-corrected chi connectivity index (χ3v) is 3.26. The lowest BCUT2D eigenvalue weighted by Gasteiger charge is -2.14. The summed E-state index contributed by atoms with van der Waals surface area (Å²) in [5, 5.41) is 6.35. The van der Waals surface area contributed by atoms with Crippen LogP contribution in [-0.4, -0.2) is 10.8 Å². The van der Waals surface area contributed by atoms with Crippen molar-refractivity contribution < 1.29 is 17.6 Å². The van der Waals surface area contributed by atoms with Gasteiger partial charge in [0, 0.05) is 0 Å². The third kappa shape index (κ3) is 4.76. The number of nitrogens with one attached hydrogen (secondary N) is 2. The zero-order valence-electron chi connectivity index (χ0n) is 12.5. The van der Waals surface area contributed by atoms with Crippen LogP contribution in [0.15, 0.2) is 53.6 Å². The molecule has 2 aromatic carbocycles. The van der Waals surface area contributed by atoms with Gasteiger partial charge in [-0.05, 0) is 49.0 Å². The van der Waals surface area contributed by atoms with Crippen LogP contribution >= 0.6 is 12.2 Å². The van der Waals surface area contributed by atoms with Crippen LogP contribution in [-0.2, 0) is 6.18 Å². The normalized spacial score (nSPS) is 12.0. The van der Waals surface area contributed by atoms with Crippen LogP contribution in [0, 0.1) is 5.82 Å². The Labute approximate surface area is 141 Å². The number of hydrazone groups is 1. The van der Waals surface area contributed by atoms with E-state index in [1.165, 1.54) is 42.5 Å². The van der Waals surface area contributed by atoms with Crippen molar-refractivity contribution in [2.45, 2.75) is 13.1 Å². The van der Waals surface area contributed by atoms with Crippen molar-refractivity contribution in [1.29, 1.82) is 0 Å². The van der Waals surface area contributed by atoms with Gasteiger partial charge in [-0.15, -0.1) is 0 Å². The Bertz CT molecular complexity index is 755. The molecule has 24 heavy (non-hydrogen) atoms. The van der Waals surface area contributed by atoms with Crippen molar-refractivity contribution in [3.63, 3.8) is 0 Å². The molecular formula is C16H13F4N3S. The van der Waals surface area contributed by atoms with Crippen molar-refractivity contribution in [3.8, 4) is 0 Å². The van der Waals surface area contributed by atoms with Crippen LogP contribution < -0.4 is 10.7 Å². The van der Waals surface area contributed by atoms with Gasteiger partial charge in [0.15, 0.2) is 5.11 Å². The molecule has 0 spiro atoms. The Morgan fingerprint density at radius 3 is 2.29 bits per heavy atom. The lowest BCUT2D eigenvalue weighted by atomic mass is 10.1. The van der Waals surface area contributed by atoms with E-state index in [9.17, 15) is 17.6 Å². The smallest absolute Gasteiger partial charge is 0.331 e. The van der Waals surface area contributed by atoms with E-state index in [4.69, 9.17) is 12.2 Å². The van der Waals surface area contributed by atoms with E-state index in [0.717, 1.165) is 6.07 Å². The molecule has 0 heterocycles. The summed E-state index contributed by atoms with van der Waals surface area (Å²) in [5.74, 6) is -0.375. The Balaban J connectivity index is 2.06. The molecule has 0 aliphatic heterocycles. The van der Waals surface area contributed by atoms with Crippen LogP contribution in [0.4, 0.5) is 23.2 Å². The highest BCUT2D eigenvalue weighted by Gasteiger charge is 2.33. The molecule has 8 heteroatoms. The van der Waals surface area contributed by atoms with Gasteiger partial charge in [0.25, 0.3) is 0 Å². The molecule has 0 atom stereocenters. The molecule has 0 radical (unpaired) electrons. The first kappa shape index (κ1) is 17.9. The molecule has 0 fully saturated rings. The van der Waals surface area contributed by atoms with Gasteiger partial charge in [0.1, 0.15) is 5.82 Å². The zero-order chi connectivity index (χ0) is 17.7. The van der Waals surface area contributed by atoms with Crippen molar-refractivity contribution >= 4 is 28.7 Å². The number of alkyl halides is 3. The Morgan fingerprint density at radius 2 is 1.67 bits per heavy atom.